The van der Waals surface area contributed by atoms with Crippen LogP contribution in [0.1, 0.15) is 6.92 Å². The first kappa shape index (κ1) is 14.4. The van der Waals surface area contributed by atoms with Gasteiger partial charge in [0, 0.05) is 18.7 Å². The van der Waals surface area contributed by atoms with E-state index in [0.717, 1.165) is 18.0 Å². The first-order valence-electron chi connectivity index (χ1n) is 4.84. The summed E-state index contributed by atoms with van der Waals surface area (Å²) in [6, 6.07) is -0.498. The summed E-state index contributed by atoms with van der Waals surface area (Å²) in [5, 5.41) is 10.9. The molecule has 0 aromatic carbocycles. The molecule has 0 saturated heterocycles. The molecule has 0 saturated carbocycles. The molecule has 5 nitrogen and oxygen atoms in total. The normalized spacial score (nSPS) is 11.9. The summed E-state index contributed by atoms with van der Waals surface area (Å²) < 4.78 is 25.8. The summed E-state index contributed by atoms with van der Waals surface area (Å²) in [5.74, 6) is -3.53. The zero-order valence-electron chi connectivity index (χ0n) is 9.31. The van der Waals surface area contributed by atoms with E-state index in [2.05, 4.69) is 10.3 Å². The van der Waals surface area contributed by atoms with E-state index in [1.54, 1.807) is 0 Å². The number of hydrogen-bond donors (Lipinski definition) is 2. The maximum absolute atomic E-state index is 13.2. The number of pyridine rings is 1. The van der Waals surface area contributed by atoms with Gasteiger partial charge in [-0.1, -0.05) is 0 Å². The van der Waals surface area contributed by atoms with Crippen molar-refractivity contribution in [2.45, 2.75) is 18.0 Å². The van der Waals surface area contributed by atoms with E-state index >= 15 is 0 Å². The van der Waals surface area contributed by atoms with Gasteiger partial charge in [-0.15, -0.1) is 11.8 Å². The van der Waals surface area contributed by atoms with Crippen molar-refractivity contribution in [1.29, 1.82) is 0 Å². The lowest BCUT2D eigenvalue weighted by atomic mass is 10.3. The third kappa shape index (κ3) is 4.28. The monoisotopic (exact) mass is 276 g/mol. The molecule has 0 bridgehead atoms. The number of hydrogen-bond acceptors (Lipinski definition) is 4. The minimum Gasteiger partial charge on any atom is -0.480 e. The number of carbonyl (C=O) groups is 2. The minimum absolute atomic E-state index is 0.107. The summed E-state index contributed by atoms with van der Waals surface area (Å²) in [5.41, 5.74) is 0. The summed E-state index contributed by atoms with van der Waals surface area (Å²) in [4.78, 5) is 25.0. The number of carboxylic acids is 1. The molecule has 0 spiro atoms. The number of nitrogens with one attached hydrogen (secondary N) is 1. The van der Waals surface area contributed by atoms with Crippen molar-refractivity contribution in [2.24, 2.45) is 0 Å². The van der Waals surface area contributed by atoms with Crippen LogP contribution in [-0.2, 0) is 9.59 Å². The Morgan fingerprint density at radius 3 is 2.72 bits per heavy atom. The van der Waals surface area contributed by atoms with E-state index < -0.39 is 29.6 Å². The van der Waals surface area contributed by atoms with Crippen molar-refractivity contribution in [3.63, 3.8) is 0 Å². The second-order valence-corrected chi connectivity index (χ2v) is 4.35. The van der Waals surface area contributed by atoms with Crippen LogP contribution in [0.15, 0.2) is 17.3 Å². The Morgan fingerprint density at radius 2 is 2.22 bits per heavy atom. The zero-order valence-corrected chi connectivity index (χ0v) is 10.1. The van der Waals surface area contributed by atoms with Crippen LogP contribution in [0.3, 0.4) is 0 Å². The smallest absolute Gasteiger partial charge is 0.327 e. The standard InChI is InChI=1S/C10H10F2N2O3S/c1-5(15)14-8(10(16)17)4-18-9-7(12)2-6(11)3-13-9/h2-3,8H,4H2,1H3,(H,14,15)(H,16,17)/t8-/m0/s1. The lowest BCUT2D eigenvalue weighted by Crippen LogP contribution is -2.41. The van der Waals surface area contributed by atoms with E-state index in [9.17, 15) is 18.4 Å². The number of carboxylic acid groups (broad SMARTS) is 1. The molecule has 8 heteroatoms. The Kier molecular flexibility index (Phi) is 5.02. The van der Waals surface area contributed by atoms with Gasteiger partial charge >= 0.3 is 5.97 Å². The molecule has 0 radical (unpaired) electrons. The third-order valence-electron chi connectivity index (χ3n) is 1.84. The molecule has 0 aliphatic heterocycles. The van der Waals surface area contributed by atoms with Crippen molar-refractivity contribution in [2.75, 3.05) is 5.75 Å². The molecular formula is C10H10F2N2O3S. The lowest BCUT2D eigenvalue weighted by Gasteiger charge is -2.12. The number of thioether (sulfide) groups is 1. The highest BCUT2D eigenvalue weighted by atomic mass is 32.2. The predicted molar refractivity (Wildman–Crippen MR) is 60.1 cm³/mol. The Hall–Kier alpha value is -1.70. The van der Waals surface area contributed by atoms with Crippen LogP contribution in [0.4, 0.5) is 8.78 Å². The second kappa shape index (κ2) is 6.29. The van der Waals surface area contributed by atoms with E-state index in [-0.39, 0.29) is 10.8 Å². The van der Waals surface area contributed by atoms with Gasteiger partial charge in [-0.25, -0.2) is 18.6 Å². The van der Waals surface area contributed by atoms with Crippen molar-refractivity contribution >= 4 is 23.6 Å². The number of rotatable bonds is 5. The highest BCUT2D eigenvalue weighted by Crippen LogP contribution is 2.20. The Bertz CT molecular complexity index is 470. The molecule has 0 aliphatic rings. The van der Waals surface area contributed by atoms with Gasteiger partial charge in [0.05, 0.1) is 6.20 Å². The van der Waals surface area contributed by atoms with Crippen molar-refractivity contribution < 1.29 is 23.5 Å². The Balaban J connectivity index is 2.66. The number of aromatic nitrogens is 1. The maximum Gasteiger partial charge on any atom is 0.327 e. The molecule has 98 valence electrons. The molecule has 1 atom stereocenters. The number of carbonyl (C=O) groups excluding carboxylic acids is 1. The summed E-state index contributed by atoms with van der Waals surface area (Å²) in [6.45, 7) is 1.18. The third-order valence-corrected chi connectivity index (χ3v) is 2.91. The van der Waals surface area contributed by atoms with Gasteiger partial charge in [-0.2, -0.15) is 0 Å². The fourth-order valence-corrected chi connectivity index (χ4v) is 1.97. The molecule has 0 fully saturated rings. The largest absolute Gasteiger partial charge is 0.480 e. The molecule has 18 heavy (non-hydrogen) atoms. The van der Waals surface area contributed by atoms with Gasteiger partial charge in [0.1, 0.15) is 16.9 Å². The van der Waals surface area contributed by atoms with E-state index in [1.807, 2.05) is 0 Å². The van der Waals surface area contributed by atoms with Crippen LogP contribution < -0.4 is 5.32 Å². The Morgan fingerprint density at radius 1 is 1.56 bits per heavy atom. The molecule has 2 N–H and O–H groups in total. The minimum atomic E-state index is -1.24. The van der Waals surface area contributed by atoms with Crippen LogP contribution in [0.5, 0.6) is 0 Å². The molecule has 0 aliphatic carbocycles. The van der Waals surface area contributed by atoms with Crippen molar-refractivity contribution in [1.82, 2.24) is 10.3 Å². The van der Waals surface area contributed by atoms with Crippen molar-refractivity contribution in [3.8, 4) is 0 Å². The summed E-state index contributed by atoms with van der Waals surface area (Å²) >= 11 is 0.786. The lowest BCUT2D eigenvalue weighted by molar-refractivity contribution is -0.140. The van der Waals surface area contributed by atoms with E-state index in [0.29, 0.717) is 6.07 Å². The van der Waals surface area contributed by atoms with Gasteiger partial charge in [-0.05, 0) is 0 Å². The topological polar surface area (TPSA) is 79.3 Å². The second-order valence-electron chi connectivity index (χ2n) is 3.34. The molecule has 1 aromatic rings. The molecule has 1 aromatic heterocycles. The van der Waals surface area contributed by atoms with Crippen LogP contribution in [-0.4, -0.2) is 33.8 Å². The van der Waals surface area contributed by atoms with Crippen LogP contribution in [0, 0.1) is 11.6 Å². The number of aliphatic carboxylic acids is 1. The summed E-state index contributed by atoms with van der Waals surface area (Å²) in [7, 11) is 0. The van der Waals surface area contributed by atoms with Gasteiger partial charge in [0.15, 0.2) is 5.82 Å². The first-order valence-corrected chi connectivity index (χ1v) is 5.82. The number of nitrogens with zero attached hydrogens (tertiary/aromatic N) is 1. The quantitative estimate of drug-likeness (QED) is 0.786. The molecule has 1 heterocycles. The molecule has 1 amide bonds. The predicted octanol–water partition coefficient (Wildman–Crippen LogP) is 1.04. The number of amides is 1. The van der Waals surface area contributed by atoms with Crippen LogP contribution in [0.25, 0.3) is 0 Å². The molecule has 0 unspecified atom stereocenters. The van der Waals surface area contributed by atoms with Crippen LogP contribution >= 0.6 is 11.8 Å². The fraction of sp³-hybridized carbons (Fsp3) is 0.300. The van der Waals surface area contributed by atoms with E-state index in [4.69, 9.17) is 5.11 Å². The van der Waals surface area contributed by atoms with E-state index in [1.165, 1.54) is 6.92 Å². The first-order chi connectivity index (χ1) is 8.40. The van der Waals surface area contributed by atoms with Gasteiger partial charge in [0.2, 0.25) is 5.91 Å². The highest BCUT2D eigenvalue weighted by molar-refractivity contribution is 7.99. The average Bonchev–Trinajstić information content (AvgIpc) is 2.25. The molecular weight excluding hydrogens is 266 g/mol. The van der Waals surface area contributed by atoms with Gasteiger partial charge < -0.3 is 10.4 Å². The average molecular weight is 276 g/mol. The van der Waals surface area contributed by atoms with Gasteiger partial charge in [0.25, 0.3) is 0 Å². The van der Waals surface area contributed by atoms with Gasteiger partial charge in [-0.3, -0.25) is 4.79 Å². The van der Waals surface area contributed by atoms with Crippen LogP contribution in [0.2, 0.25) is 0 Å². The SMILES string of the molecule is CC(=O)N[C@@H](CSc1ncc(F)cc1F)C(=O)O. The maximum atomic E-state index is 13.2. The Labute approximate surface area is 106 Å². The van der Waals surface area contributed by atoms with Crippen molar-refractivity contribution in [3.05, 3.63) is 23.9 Å². The number of halogens is 2. The fourth-order valence-electron chi connectivity index (χ4n) is 1.09. The highest BCUT2D eigenvalue weighted by Gasteiger charge is 2.19. The molecule has 1 rings (SSSR count). The summed E-state index contributed by atoms with van der Waals surface area (Å²) in [6.07, 6.45) is 0.833. The zero-order chi connectivity index (χ0) is 13.7.